The number of rotatable bonds is 4. The molecule has 1 heterocycles. The SMILES string of the molecule is NCC(=O)C1CCN(C(=O)OCc2ccccc2)C1. The Morgan fingerprint density at radius 2 is 2.05 bits per heavy atom. The number of carbonyl (C=O) groups excluding carboxylic acids is 2. The summed E-state index contributed by atoms with van der Waals surface area (Å²) in [6.45, 7) is 1.27. The minimum atomic E-state index is -0.365. The molecule has 1 aliphatic rings. The number of hydrogen-bond acceptors (Lipinski definition) is 4. The quantitative estimate of drug-likeness (QED) is 0.884. The molecule has 1 saturated heterocycles. The third-order valence-corrected chi connectivity index (χ3v) is 3.31. The summed E-state index contributed by atoms with van der Waals surface area (Å²) in [6, 6.07) is 9.51. The number of carbonyl (C=O) groups is 2. The van der Waals surface area contributed by atoms with E-state index in [1.165, 1.54) is 0 Å². The Bertz CT molecular complexity index is 447. The van der Waals surface area contributed by atoms with E-state index in [1.54, 1.807) is 4.90 Å². The van der Waals surface area contributed by atoms with E-state index in [2.05, 4.69) is 0 Å². The van der Waals surface area contributed by atoms with Crippen LogP contribution in [0.1, 0.15) is 12.0 Å². The summed E-state index contributed by atoms with van der Waals surface area (Å²) in [4.78, 5) is 24.9. The second kappa shape index (κ2) is 6.33. The lowest BCUT2D eigenvalue weighted by Crippen LogP contribution is -2.31. The van der Waals surface area contributed by atoms with Gasteiger partial charge in [-0.1, -0.05) is 30.3 Å². The largest absolute Gasteiger partial charge is 0.445 e. The monoisotopic (exact) mass is 262 g/mol. The fourth-order valence-corrected chi connectivity index (χ4v) is 2.17. The van der Waals surface area contributed by atoms with E-state index in [0.717, 1.165) is 5.56 Å². The number of Topliss-reactive ketones (excluding diaryl/α,β-unsaturated/α-hetero) is 1. The highest BCUT2D eigenvalue weighted by molar-refractivity contribution is 5.84. The minimum absolute atomic E-state index is 0.0124. The first-order valence-corrected chi connectivity index (χ1v) is 6.39. The molecule has 0 bridgehead atoms. The second-order valence-electron chi connectivity index (χ2n) is 4.64. The number of ether oxygens (including phenoxy) is 1. The Balaban J connectivity index is 1.80. The summed E-state index contributed by atoms with van der Waals surface area (Å²) in [5.74, 6) is -0.118. The molecule has 1 atom stereocenters. The molecule has 0 aliphatic carbocycles. The molecule has 0 aromatic heterocycles. The minimum Gasteiger partial charge on any atom is -0.445 e. The molecule has 1 amide bonds. The van der Waals surface area contributed by atoms with Crippen molar-refractivity contribution >= 4 is 11.9 Å². The molecule has 0 saturated carbocycles. The Hall–Kier alpha value is -1.88. The first-order chi connectivity index (χ1) is 9.20. The molecule has 1 aromatic rings. The molecule has 102 valence electrons. The van der Waals surface area contributed by atoms with E-state index in [-0.39, 0.29) is 30.9 Å². The maximum Gasteiger partial charge on any atom is 0.410 e. The molecule has 1 unspecified atom stereocenters. The molecule has 5 nitrogen and oxygen atoms in total. The van der Waals surface area contributed by atoms with Gasteiger partial charge in [-0.15, -0.1) is 0 Å². The predicted molar refractivity (Wildman–Crippen MR) is 70.4 cm³/mol. The van der Waals surface area contributed by atoms with Gasteiger partial charge in [-0.3, -0.25) is 4.79 Å². The molecular weight excluding hydrogens is 244 g/mol. The van der Waals surface area contributed by atoms with Gasteiger partial charge in [0.25, 0.3) is 0 Å². The molecular formula is C14H18N2O3. The zero-order chi connectivity index (χ0) is 13.7. The number of nitrogens with two attached hydrogens (primary N) is 1. The van der Waals surface area contributed by atoms with Crippen LogP contribution in [-0.2, 0) is 16.1 Å². The third-order valence-electron chi connectivity index (χ3n) is 3.31. The van der Waals surface area contributed by atoms with Crippen molar-refractivity contribution in [2.24, 2.45) is 11.7 Å². The number of benzene rings is 1. The van der Waals surface area contributed by atoms with Crippen LogP contribution in [0.15, 0.2) is 30.3 Å². The normalized spacial score (nSPS) is 18.4. The van der Waals surface area contributed by atoms with Crippen LogP contribution in [0.5, 0.6) is 0 Å². The third kappa shape index (κ3) is 3.54. The number of likely N-dealkylation sites (tertiary alicyclic amines) is 1. The van der Waals surface area contributed by atoms with Crippen molar-refractivity contribution < 1.29 is 14.3 Å². The summed E-state index contributed by atoms with van der Waals surface area (Å²) in [5, 5.41) is 0. The summed E-state index contributed by atoms with van der Waals surface area (Å²) in [7, 11) is 0. The summed E-state index contributed by atoms with van der Waals surface area (Å²) < 4.78 is 5.22. The van der Waals surface area contributed by atoms with Crippen LogP contribution >= 0.6 is 0 Å². The number of nitrogens with zero attached hydrogens (tertiary/aromatic N) is 1. The summed E-state index contributed by atoms with van der Waals surface area (Å²) in [5.41, 5.74) is 6.27. The fourth-order valence-electron chi connectivity index (χ4n) is 2.17. The highest BCUT2D eigenvalue weighted by Gasteiger charge is 2.30. The van der Waals surface area contributed by atoms with Crippen LogP contribution in [-0.4, -0.2) is 36.4 Å². The van der Waals surface area contributed by atoms with Crippen LogP contribution in [0, 0.1) is 5.92 Å². The van der Waals surface area contributed by atoms with Crippen molar-refractivity contribution in [1.29, 1.82) is 0 Å². The van der Waals surface area contributed by atoms with Gasteiger partial charge in [-0.25, -0.2) is 4.79 Å². The second-order valence-corrected chi connectivity index (χ2v) is 4.64. The van der Waals surface area contributed by atoms with Crippen molar-refractivity contribution in [2.75, 3.05) is 19.6 Å². The van der Waals surface area contributed by atoms with Gasteiger partial charge in [0.15, 0.2) is 5.78 Å². The Morgan fingerprint density at radius 1 is 1.32 bits per heavy atom. The van der Waals surface area contributed by atoms with E-state index in [4.69, 9.17) is 10.5 Å². The zero-order valence-electron chi connectivity index (χ0n) is 10.7. The van der Waals surface area contributed by atoms with E-state index in [9.17, 15) is 9.59 Å². The van der Waals surface area contributed by atoms with Gasteiger partial charge in [-0.05, 0) is 12.0 Å². The maximum atomic E-state index is 11.8. The fraction of sp³-hybridized carbons (Fsp3) is 0.429. The average Bonchev–Trinajstić information content (AvgIpc) is 2.95. The van der Waals surface area contributed by atoms with Crippen molar-refractivity contribution in [1.82, 2.24) is 4.90 Å². The average molecular weight is 262 g/mol. The molecule has 2 N–H and O–H groups in total. The highest BCUT2D eigenvalue weighted by atomic mass is 16.6. The van der Waals surface area contributed by atoms with Crippen LogP contribution in [0.2, 0.25) is 0 Å². The lowest BCUT2D eigenvalue weighted by atomic mass is 10.0. The zero-order valence-corrected chi connectivity index (χ0v) is 10.7. The van der Waals surface area contributed by atoms with Gasteiger partial charge >= 0.3 is 6.09 Å². The molecule has 0 radical (unpaired) electrons. The van der Waals surface area contributed by atoms with E-state index < -0.39 is 0 Å². The first-order valence-electron chi connectivity index (χ1n) is 6.39. The topological polar surface area (TPSA) is 72.6 Å². The Labute approximate surface area is 112 Å². The lowest BCUT2D eigenvalue weighted by Gasteiger charge is -2.16. The molecule has 1 aromatic carbocycles. The predicted octanol–water partition coefficient (Wildman–Crippen LogP) is 1.17. The van der Waals surface area contributed by atoms with Crippen molar-refractivity contribution in [2.45, 2.75) is 13.0 Å². The van der Waals surface area contributed by atoms with Crippen LogP contribution in [0.25, 0.3) is 0 Å². The van der Waals surface area contributed by atoms with Crippen molar-refractivity contribution in [3.8, 4) is 0 Å². The number of hydrogen-bond donors (Lipinski definition) is 1. The van der Waals surface area contributed by atoms with Gasteiger partial charge in [0.1, 0.15) is 6.61 Å². The number of amides is 1. The van der Waals surface area contributed by atoms with E-state index >= 15 is 0 Å². The summed E-state index contributed by atoms with van der Waals surface area (Å²) in [6.07, 6.45) is 0.312. The van der Waals surface area contributed by atoms with Crippen molar-refractivity contribution in [3.63, 3.8) is 0 Å². The first kappa shape index (κ1) is 13.5. The smallest absolute Gasteiger partial charge is 0.410 e. The molecule has 5 heteroatoms. The Kier molecular flexibility index (Phi) is 4.52. The molecule has 1 fully saturated rings. The molecule has 1 aliphatic heterocycles. The molecule has 19 heavy (non-hydrogen) atoms. The lowest BCUT2D eigenvalue weighted by molar-refractivity contribution is -0.121. The highest BCUT2D eigenvalue weighted by Crippen LogP contribution is 2.18. The maximum absolute atomic E-state index is 11.8. The van der Waals surface area contributed by atoms with Crippen LogP contribution < -0.4 is 5.73 Å². The number of ketones is 1. The van der Waals surface area contributed by atoms with Crippen LogP contribution in [0.3, 0.4) is 0 Å². The van der Waals surface area contributed by atoms with Gasteiger partial charge in [-0.2, -0.15) is 0 Å². The van der Waals surface area contributed by atoms with E-state index in [1.807, 2.05) is 30.3 Å². The molecule has 0 spiro atoms. The van der Waals surface area contributed by atoms with Gasteiger partial charge in [0, 0.05) is 19.0 Å². The van der Waals surface area contributed by atoms with Gasteiger partial charge in [0.2, 0.25) is 0 Å². The Morgan fingerprint density at radius 3 is 2.74 bits per heavy atom. The van der Waals surface area contributed by atoms with Gasteiger partial charge in [0.05, 0.1) is 6.54 Å². The van der Waals surface area contributed by atoms with Crippen LogP contribution in [0.4, 0.5) is 4.79 Å². The van der Waals surface area contributed by atoms with Gasteiger partial charge < -0.3 is 15.4 Å². The van der Waals surface area contributed by atoms with Crippen molar-refractivity contribution in [3.05, 3.63) is 35.9 Å². The standard InChI is InChI=1S/C14H18N2O3/c15-8-13(17)12-6-7-16(9-12)14(18)19-10-11-4-2-1-3-5-11/h1-5,12H,6-10,15H2. The molecule has 2 rings (SSSR count). The van der Waals surface area contributed by atoms with E-state index in [0.29, 0.717) is 19.5 Å². The summed E-state index contributed by atoms with van der Waals surface area (Å²) >= 11 is 0.